The number of aryl methyl sites for hydroxylation is 1. The van der Waals surface area contributed by atoms with Gasteiger partial charge in [-0.2, -0.15) is 0 Å². The second-order valence-corrected chi connectivity index (χ2v) is 7.84. The molecule has 1 atom stereocenters. The largest absolute Gasteiger partial charge is 0.489 e. The number of benzene rings is 2. The van der Waals surface area contributed by atoms with Gasteiger partial charge >= 0.3 is 0 Å². The predicted octanol–water partition coefficient (Wildman–Crippen LogP) is 4.41. The number of likely N-dealkylation sites (tertiary alicyclic amines) is 1. The average molecular weight is 377 g/mol. The minimum Gasteiger partial charge on any atom is -0.489 e. The second-order valence-electron chi connectivity index (χ2n) is 7.84. The second kappa shape index (κ2) is 8.59. The zero-order valence-corrected chi connectivity index (χ0v) is 16.2. The molecule has 2 aromatic carbocycles. The average Bonchev–Trinajstić information content (AvgIpc) is 2.75. The first-order valence-electron chi connectivity index (χ1n) is 10.3. The maximum absolute atomic E-state index is 12.9. The van der Waals surface area contributed by atoms with Crippen molar-refractivity contribution in [3.8, 4) is 5.75 Å². The van der Waals surface area contributed by atoms with Crippen LogP contribution in [0.25, 0.3) is 0 Å². The number of ketones is 1. The Balaban J connectivity index is 1.38. The molecule has 0 saturated carbocycles. The monoisotopic (exact) mass is 377 g/mol. The molecule has 0 radical (unpaired) electrons. The van der Waals surface area contributed by atoms with Crippen LogP contribution in [0, 0.1) is 5.92 Å². The molecule has 1 amide bonds. The summed E-state index contributed by atoms with van der Waals surface area (Å²) < 4.78 is 5.89. The number of carbonyl (C=O) groups excluding carboxylic acids is 2. The normalized spacial score (nSPS) is 19.2. The summed E-state index contributed by atoms with van der Waals surface area (Å²) in [6.07, 6.45) is 5.28. The number of hydrogen-bond donors (Lipinski definition) is 0. The molecule has 0 N–H and O–H groups in total. The number of rotatable bonds is 5. The highest BCUT2D eigenvalue weighted by molar-refractivity contribution is 6.02. The molecule has 1 unspecified atom stereocenters. The molecule has 2 aliphatic rings. The van der Waals surface area contributed by atoms with Crippen molar-refractivity contribution in [2.75, 3.05) is 13.1 Å². The molecule has 0 bridgehead atoms. The Morgan fingerprint density at radius 2 is 1.82 bits per heavy atom. The lowest BCUT2D eigenvalue weighted by molar-refractivity contribution is -0.132. The van der Waals surface area contributed by atoms with E-state index in [0.29, 0.717) is 13.0 Å². The zero-order chi connectivity index (χ0) is 19.3. The summed E-state index contributed by atoms with van der Waals surface area (Å²) in [6.45, 7) is 2.21. The van der Waals surface area contributed by atoms with Crippen molar-refractivity contribution in [2.45, 2.75) is 45.1 Å². The van der Waals surface area contributed by atoms with E-state index in [1.165, 1.54) is 6.42 Å². The van der Waals surface area contributed by atoms with E-state index in [4.69, 9.17) is 4.74 Å². The lowest BCUT2D eigenvalue weighted by atomic mass is 9.80. The molecule has 4 rings (SSSR count). The smallest absolute Gasteiger partial charge is 0.223 e. The van der Waals surface area contributed by atoms with Gasteiger partial charge < -0.3 is 9.64 Å². The molecule has 0 aromatic heterocycles. The molecule has 1 aliphatic carbocycles. The SMILES string of the molecule is O=C1c2ccc(OCc3ccccc3)cc2CCC1CC(=O)N1CCCCC1. The minimum atomic E-state index is -0.182. The van der Waals surface area contributed by atoms with E-state index in [0.717, 1.165) is 61.2 Å². The van der Waals surface area contributed by atoms with Crippen molar-refractivity contribution in [2.24, 2.45) is 5.92 Å². The Kier molecular flexibility index (Phi) is 5.75. The number of amides is 1. The van der Waals surface area contributed by atoms with Crippen LogP contribution in [-0.4, -0.2) is 29.7 Å². The summed E-state index contributed by atoms with van der Waals surface area (Å²) in [6, 6.07) is 15.8. The van der Waals surface area contributed by atoms with E-state index in [9.17, 15) is 9.59 Å². The Labute approximate surface area is 166 Å². The fraction of sp³-hybridized carbons (Fsp3) is 0.417. The standard InChI is InChI=1S/C24H27NO3/c26-23(25-13-5-2-6-14-25)16-20-10-9-19-15-21(11-12-22(19)24(20)27)28-17-18-7-3-1-4-8-18/h1,3-4,7-8,11-12,15,20H,2,5-6,9-10,13-14,16-17H2. The Morgan fingerprint density at radius 1 is 1.04 bits per heavy atom. The van der Waals surface area contributed by atoms with E-state index in [1.807, 2.05) is 53.4 Å². The molecule has 1 heterocycles. The van der Waals surface area contributed by atoms with Gasteiger partial charge in [-0.25, -0.2) is 0 Å². The van der Waals surface area contributed by atoms with Crippen molar-refractivity contribution in [3.63, 3.8) is 0 Å². The number of nitrogens with zero attached hydrogens (tertiary/aromatic N) is 1. The van der Waals surface area contributed by atoms with Crippen molar-refractivity contribution in [1.82, 2.24) is 4.90 Å². The minimum absolute atomic E-state index is 0.112. The van der Waals surface area contributed by atoms with Crippen molar-refractivity contribution in [3.05, 3.63) is 65.2 Å². The summed E-state index contributed by atoms with van der Waals surface area (Å²) in [4.78, 5) is 27.4. The van der Waals surface area contributed by atoms with Crippen LogP contribution < -0.4 is 4.74 Å². The van der Waals surface area contributed by atoms with Crippen LogP contribution in [0.2, 0.25) is 0 Å². The van der Waals surface area contributed by atoms with Gasteiger partial charge in [0, 0.05) is 31.0 Å². The van der Waals surface area contributed by atoms with Crippen molar-refractivity contribution >= 4 is 11.7 Å². The molecule has 1 saturated heterocycles. The number of ether oxygens (including phenoxy) is 1. The van der Waals surface area contributed by atoms with Gasteiger partial charge in [-0.3, -0.25) is 9.59 Å². The fourth-order valence-electron chi connectivity index (χ4n) is 4.21. The summed E-state index contributed by atoms with van der Waals surface area (Å²) in [7, 11) is 0. The molecular weight excluding hydrogens is 350 g/mol. The van der Waals surface area contributed by atoms with E-state index >= 15 is 0 Å². The molecule has 146 valence electrons. The van der Waals surface area contributed by atoms with Crippen molar-refractivity contribution in [1.29, 1.82) is 0 Å². The van der Waals surface area contributed by atoms with Gasteiger partial charge in [-0.15, -0.1) is 0 Å². The number of fused-ring (bicyclic) bond motifs is 1. The zero-order valence-electron chi connectivity index (χ0n) is 16.2. The molecule has 2 aromatic rings. The van der Waals surface area contributed by atoms with Crippen LogP contribution in [0.4, 0.5) is 0 Å². The van der Waals surface area contributed by atoms with Gasteiger partial charge in [0.05, 0.1) is 0 Å². The van der Waals surface area contributed by atoms with Gasteiger partial charge in [0.2, 0.25) is 5.91 Å². The molecular formula is C24H27NO3. The summed E-state index contributed by atoms with van der Waals surface area (Å²) in [5.41, 5.74) is 2.92. The third kappa shape index (κ3) is 4.27. The van der Waals surface area contributed by atoms with Crippen molar-refractivity contribution < 1.29 is 14.3 Å². The Morgan fingerprint density at radius 3 is 2.61 bits per heavy atom. The van der Waals surface area contributed by atoms with E-state index in [2.05, 4.69) is 0 Å². The van der Waals surface area contributed by atoms with Gasteiger partial charge in [-0.05, 0) is 61.4 Å². The number of piperidine rings is 1. The third-order valence-electron chi connectivity index (χ3n) is 5.85. The number of carbonyl (C=O) groups is 2. The number of hydrogen-bond acceptors (Lipinski definition) is 3. The first-order valence-corrected chi connectivity index (χ1v) is 10.3. The molecule has 4 heteroatoms. The Bertz CT molecular complexity index is 840. The first kappa shape index (κ1) is 18.7. The topological polar surface area (TPSA) is 46.6 Å². The quantitative estimate of drug-likeness (QED) is 0.775. The van der Waals surface area contributed by atoms with Crippen LogP contribution in [0.15, 0.2) is 48.5 Å². The van der Waals surface area contributed by atoms with E-state index in [-0.39, 0.29) is 17.6 Å². The third-order valence-corrected chi connectivity index (χ3v) is 5.85. The van der Waals surface area contributed by atoms with Crippen LogP contribution in [-0.2, 0) is 17.8 Å². The lowest BCUT2D eigenvalue weighted by Gasteiger charge is -2.29. The van der Waals surface area contributed by atoms with Crippen LogP contribution in [0.1, 0.15) is 53.6 Å². The summed E-state index contributed by atoms with van der Waals surface area (Å²) in [5, 5.41) is 0. The van der Waals surface area contributed by atoms with E-state index in [1.54, 1.807) is 0 Å². The molecule has 1 fully saturated rings. The first-order chi connectivity index (χ1) is 13.7. The van der Waals surface area contributed by atoms with Gasteiger partial charge in [0.15, 0.2) is 5.78 Å². The van der Waals surface area contributed by atoms with Gasteiger partial charge in [0.25, 0.3) is 0 Å². The Hall–Kier alpha value is -2.62. The fourth-order valence-corrected chi connectivity index (χ4v) is 4.21. The number of Topliss-reactive ketones (excluding diaryl/α,β-unsaturated/α-hetero) is 1. The van der Waals surface area contributed by atoms with E-state index < -0.39 is 0 Å². The highest BCUT2D eigenvalue weighted by atomic mass is 16.5. The molecule has 28 heavy (non-hydrogen) atoms. The lowest BCUT2D eigenvalue weighted by Crippen LogP contribution is -2.38. The summed E-state index contributed by atoms with van der Waals surface area (Å²) >= 11 is 0. The highest BCUT2D eigenvalue weighted by Gasteiger charge is 2.31. The van der Waals surface area contributed by atoms with Crippen LogP contribution in [0.5, 0.6) is 5.75 Å². The maximum Gasteiger partial charge on any atom is 0.223 e. The maximum atomic E-state index is 12.9. The summed E-state index contributed by atoms with van der Waals surface area (Å²) in [5.74, 6) is 0.863. The molecule has 0 spiro atoms. The highest BCUT2D eigenvalue weighted by Crippen LogP contribution is 2.31. The van der Waals surface area contributed by atoms with Crippen LogP contribution >= 0.6 is 0 Å². The molecule has 4 nitrogen and oxygen atoms in total. The predicted molar refractivity (Wildman–Crippen MR) is 108 cm³/mol. The van der Waals surface area contributed by atoms with Crippen LogP contribution in [0.3, 0.4) is 0 Å². The van der Waals surface area contributed by atoms with Gasteiger partial charge in [0.1, 0.15) is 12.4 Å². The van der Waals surface area contributed by atoms with Gasteiger partial charge in [-0.1, -0.05) is 30.3 Å². The molecule has 1 aliphatic heterocycles.